The van der Waals surface area contributed by atoms with Gasteiger partial charge in [-0.3, -0.25) is 4.79 Å². The summed E-state index contributed by atoms with van der Waals surface area (Å²) in [5, 5.41) is 10.6. The molecule has 0 aliphatic heterocycles. The fraction of sp³-hybridized carbons (Fsp3) is 0.133. The fourth-order valence-corrected chi connectivity index (χ4v) is 2.86. The molecule has 0 bridgehead atoms. The predicted octanol–water partition coefficient (Wildman–Crippen LogP) is 1.62. The normalized spacial score (nSPS) is 11.6. The van der Waals surface area contributed by atoms with Gasteiger partial charge in [-0.15, -0.1) is 5.10 Å². The number of aryl methyl sites for hydroxylation is 1. The summed E-state index contributed by atoms with van der Waals surface area (Å²) in [7, 11) is -1.51. The molecule has 0 saturated carbocycles. The van der Waals surface area contributed by atoms with E-state index in [0.29, 0.717) is 16.8 Å². The number of carbonyl (C=O) groups excluding carboxylic acids is 1. The number of rotatable bonds is 3. The third kappa shape index (κ3) is 2.93. The molecule has 8 heteroatoms. The number of carbonyl (C=O) groups is 1. The molecule has 1 aromatic heterocycles. The number of nitrogens with zero attached hydrogens (tertiary/aromatic N) is 3. The van der Waals surface area contributed by atoms with Gasteiger partial charge in [0.2, 0.25) is 0 Å². The minimum atomic E-state index is -3.26. The maximum atomic E-state index is 12.4. The van der Waals surface area contributed by atoms with Crippen molar-refractivity contribution < 1.29 is 13.2 Å². The Kier molecular flexibility index (Phi) is 3.61. The van der Waals surface area contributed by atoms with E-state index in [9.17, 15) is 13.2 Å². The minimum absolute atomic E-state index is 0.200. The molecule has 118 valence electrons. The number of anilines is 1. The van der Waals surface area contributed by atoms with Gasteiger partial charge < -0.3 is 5.32 Å². The number of hydrogen-bond acceptors (Lipinski definition) is 5. The molecule has 0 aliphatic carbocycles. The predicted molar refractivity (Wildman–Crippen MR) is 86.0 cm³/mol. The SMILES string of the molecule is Cn1nnc2c(C(=O)Nc3ccc(S(C)(=O)=O)cc3)cccc21. The molecule has 0 unspecified atom stereocenters. The van der Waals surface area contributed by atoms with Gasteiger partial charge in [-0.1, -0.05) is 11.3 Å². The Morgan fingerprint density at radius 3 is 2.48 bits per heavy atom. The molecule has 1 N–H and O–H groups in total. The van der Waals surface area contributed by atoms with Gasteiger partial charge in [-0.05, 0) is 36.4 Å². The van der Waals surface area contributed by atoms with Crippen LogP contribution < -0.4 is 5.32 Å². The maximum Gasteiger partial charge on any atom is 0.258 e. The smallest absolute Gasteiger partial charge is 0.258 e. The Labute approximate surface area is 132 Å². The van der Waals surface area contributed by atoms with Gasteiger partial charge in [-0.2, -0.15) is 0 Å². The lowest BCUT2D eigenvalue weighted by Gasteiger charge is -2.06. The standard InChI is InChI=1S/C15H14N4O3S/c1-19-13-5-3-4-12(14(13)17-18-19)15(20)16-10-6-8-11(9-7-10)23(2,21)22/h3-9H,1-2H3,(H,16,20). The van der Waals surface area contributed by atoms with Crippen LogP contribution in [0.1, 0.15) is 10.4 Å². The number of amides is 1. The fourth-order valence-electron chi connectivity index (χ4n) is 2.22. The van der Waals surface area contributed by atoms with Crippen LogP contribution in [-0.2, 0) is 16.9 Å². The molecule has 23 heavy (non-hydrogen) atoms. The molecule has 0 saturated heterocycles. The van der Waals surface area contributed by atoms with E-state index in [4.69, 9.17) is 0 Å². The van der Waals surface area contributed by atoms with Crippen LogP contribution in [0.2, 0.25) is 0 Å². The molecular weight excluding hydrogens is 316 g/mol. The second-order valence-electron chi connectivity index (χ2n) is 5.14. The largest absolute Gasteiger partial charge is 0.322 e. The molecule has 0 radical (unpaired) electrons. The molecule has 2 aromatic carbocycles. The maximum absolute atomic E-state index is 12.4. The van der Waals surface area contributed by atoms with Crippen LogP contribution in [0.5, 0.6) is 0 Å². The van der Waals surface area contributed by atoms with Crippen molar-refractivity contribution in [2.45, 2.75) is 4.90 Å². The number of aromatic nitrogens is 3. The highest BCUT2D eigenvalue weighted by molar-refractivity contribution is 7.90. The number of sulfone groups is 1. The van der Waals surface area contributed by atoms with Crippen LogP contribution in [0.15, 0.2) is 47.4 Å². The van der Waals surface area contributed by atoms with Crippen LogP contribution in [0.3, 0.4) is 0 Å². The van der Waals surface area contributed by atoms with Crippen LogP contribution in [-0.4, -0.2) is 35.6 Å². The van der Waals surface area contributed by atoms with E-state index in [1.54, 1.807) is 36.0 Å². The van der Waals surface area contributed by atoms with Gasteiger partial charge in [0.05, 0.1) is 16.0 Å². The molecule has 3 aromatic rings. The lowest BCUT2D eigenvalue weighted by molar-refractivity contribution is 0.102. The molecule has 1 amide bonds. The van der Waals surface area contributed by atoms with Gasteiger partial charge in [0, 0.05) is 19.0 Å². The highest BCUT2D eigenvalue weighted by Gasteiger charge is 2.14. The minimum Gasteiger partial charge on any atom is -0.322 e. The molecule has 3 rings (SSSR count). The summed E-state index contributed by atoms with van der Waals surface area (Å²) in [5.74, 6) is -0.330. The number of benzene rings is 2. The molecule has 7 nitrogen and oxygen atoms in total. The van der Waals surface area contributed by atoms with E-state index in [0.717, 1.165) is 11.8 Å². The summed E-state index contributed by atoms with van der Waals surface area (Å²) in [4.78, 5) is 12.6. The average molecular weight is 330 g/mol. The van der Waals surface area contributed by atoms with Gasteiger partial charge in [-0.25, -0.2) is 13.1 Å². The molecule has 0 fully saturated rings. The van der Waals surface area contributed by atoms with E-state index in [-0.39, 0.29) is 10.8 Å². The van der Waals surface area contributed by atoms with Gasteiger partial charge >= 0.3 is 0 Å². The summed E-state index contributed by atoms with van der Waals surface area (Å²) in [5.41, 5.74) is 2.18. The van der Waals surface area contributed by atoms with Crippen LogP contribution >= 0.6 is 0 Å². The van der Waals surface area contributed by atoms with Crippen LogP contribution in [0.25, 0.3) is 11.0 Å². The van der Waals surface area contributed by atoms with Crippen molar-refractivity contribution in [1.82, 2.24) is 15.0 Å². The van der Waals surface area contributed by atoms with E-state index < -0.39 is 9.84 Å². The molecule has 0 spiro atoms. The lowest BCUT2D eigenvalue weighted by atomic mass is 10.1. The van der Waals surface area contributed by atoms with Crippen molar-refractivity contribution in [3.05, 3.63) is 48.0 Å². The Balaban J connectivity index is 1.89. The Morgan fingerprint density at radius 2 is 1.83 bits per heavy atom. The second kappa shape index (κ2) is 5.47. The van der Waals surface area contributed by atoms with Gasteiger partial charge in [0.1, 0.15) is 5.52 Å². The van der Waals surface area contributed by atoms with Crippen molar-refractivity contribution in [1.29, 1.82) is 0 Å². The van der Waals surface area contributed by atoms with Gasteiger partial charge in [0.15, 0.2) is 9.84 Å². The number of fused-ring (bicyclic) bond motifs is 1. The molecule has 1 heterocycles. The van der Waals surface area contributed by atoms with Crippen LogP contribution in [0.4, 0.5) is 5.69 Å². The Morgan fingerprint density at radius 1 is 1.13 bits per heavy atom. The first kappa shape index (κ1) is 15.2. The van der Waals surface area contributed by atoms with Crippen molar-refractivity contribution in [3.63, 3.8) is 0 Å². The van der Waals surface area contributed by atoms with E-state index in [1.165, 1.54) is 12.1 Å². The quantitative estimate of drug-likeness (QED) is 0.787. The lowest BCUT2D eigenvalue weighted by Crippen LogP contribution is -2.12. The van der Waals surface area contributed by atoms with E-state index in [2.05, 4.69) is 15.6 Å². The summed E-state index contributed by atoms with van der Waals surface area (Å²) in [6.45, 7) is 0. The highest BCUT2D eigenvalue weighted by Crippen LogP contribution is 2.18. The second-order valence-corrected chi connectivity index (χ2v) is 7.15. The summed E-state index contributed by atoms with van der Waals surface area (Å²) >= 11 is 0. The zero-order valence-electron chi connectivity index (χ0n) is 12.5. The third-order valence-corrected chi connectivity index (χ3v) is 4.56. The molecular formula is C15H14N4O3S. The Bertz CT molecular complexity index is 991. The first-order valence-corrected chi connectivity index (χ1v) is 8.65. The van der Waals surface area contributed by atoms with Crippen LogP contribution in [0, 0.1) is 0 Å². The van der Waals surface area contributed by atoms with Crippen molar-refractivity contribution in [3.8, 4) is 0 Å². The average Bonchev–Trinajstić information content (AvgIpc) is 2.88. The zero-order chi connectivity index (χ0) is 16.6. The monoisotopic (exact) mass is 330 g/mol. The van der Waals surface area contributed by atoms with Crippen molar-refractivity contribution in [2.75, 3.05) is 11.6 Å². The van der Waals surface area contributed by atoms with E-state index >= 15 is 0 Å². The third-order valence-electron chi connectivity index (χ3n) is 3.43. The van der Waals surface area contributed by atoms with Crippen molar-refractivity contribution >= 4 is 32.5 Å². The Hall–Kier alpha value is -2.74. The first-order chi connectivity index (χ1) is 10.9. The molecule has 0 aliphatic rings. The zero-order valence-corrected chi connectivity index (χ0v) is 13.3. The number of nitrogens with one attached hydrogen (secondary N) is 1. The van der Waals surface area contributed by atoms with Crippen molar-refractivity contribution in [2.24, 2.45) is 7.05 Å². The molecule has 0 atom stereocenters. The summed E-state index contributed by atoms with van der Waals surface area (Å²) in [6.07, 6.45) is 1.13. The van der Waals surface area contributed by atoms with Gasteiger partial charge in [0.25, 0.3) is 5.91 Å². The van der Waals surface area contributed by atoms with E-state index in [1.807, 2.05) is 6.07 Å². The first-order valence-electron chi connectivity index (χ1n) is 6.76. The summed E-state index contributed by atoms with van der Waals surface area (Å²) < 4.78 is 24.5. The number of hydrogen-bond donors (Lipinski definition) is 1. The summed E-state index contributed by atoms with van der Waals surface area (Å²) in [6, 6.07) is 11.2. The topological polar surface area (TPSA) is 93.9 Å². The highest BCUT2D eigenvalue weighted by atomic mass is 32.2.